The molecule has 0 radical (unpaired) electrons. The second-order valence-corrected chi connectivity index (χ2v) is 3.50. The average Bonchev–Trinajstić information content (AvgIpc) is 2.26. The van der Waals surface area contributed by atoms with Crippen LogP contribution in [0, 0.1) is 0 Å². The lowest BCUT2D eigenvalue weighted by Crippen LogP contribution is -2.25. The summed E-state index contributed by atoms with van der Waals surface area (Å²) in [6.45, 7) is 0. The first-order valence-electron chi connectivity index (χ1n) is 4.82. The molecule has 1 rings (SSSR count). The molecular formula is C10H12F6N2O. The maximum absolute atomic E-state index is 12.5. The van der Waals surface area contributed by atoms with Gasteiger partial charge in [0.15, 0.2) is 0 Å². The zero-order valence-electron chi connectivity index (χ0n) is 9.41. The van der Waals surface area contributed by atoms with Crippen molar-refractivity contribution < 1.29 is 34.0 Å². The predicted octanol–water partition coefficient (Wildman–Crippen LogP) is 3.97. The van der Waals surface area contributed by atoms with Gasteiger partial charge in [0.1, 0.15) is 0 Å². The standard InChI is InChI=1S/C10H8F6N2O.2H2/c1-17-8(19)18-7-3-5(9(11,12)13)2-6(4-7)10(14,15)16;;/h2-4H,1H3,(H2,17,18,19);2*1H. The summed E-state index contributed by atoms with van der Waals surface area (Å²) in [4.78, 5) is 10.9. The van der Waals surface area contributed by atoms with Crippen LogP contribution in [0.3, 0.4) is 0 Å². The maximum atomic E-state index is 12.5. The molecule has 9 heteroatoms. The van der Waals surface area contributed by atoms with Gasteiger partial charge in [-0.25, -0.2) is 4.79 Å². The van der Waals surface area contributed by atoms with Gasteiger partial charge in [0.2, 0.25) is 0 Å². The van der Waals surface area contributed by atoms with E-state index in [0.29, 0.717) is 12.1 Å². The number of carbonyl (C=O) groups is 1. The summed E-state index contributed by atoms with van der Waals surface area (Å²) in [6.07, 6.45) is -9.89. The number of rotatable bonds is 1. The van der Waals surface area contributed by atoms with Crippen LogP contribution >= 0.6 is 0 Å². The molecule has 0 aliphatic heterocycles. The first-order chi connectivity index (χ1) is 8.54. The fourth-order valence-electron chi connectivity index (χ4n) is 1.22. The van der Waals surface area contributed by atoms with Crippen molar-refractivity contribution in [3.8, 4) is 0 Å². The lowest BCUT2D eigenvalue weighted by atomic mass is 10.1. The molecule has 110 valence electrons. The van der Waals surface area contributed by atoms with E-state index in [1.165, 1.54) is 7.05 Å². The molecule has 0 fully saturated rings. The lowest BCUT2D eigenvalue weighted by Gasteiger charge is -2.14. The summed E-state index contributed by atoms with van der Waals surface area (Å²) in [5.74, 6) is 0. The number of urea groups is 1. The van der Waals surface area contributed by atoms with Gasteiger partial charge in [-0.2, -0.15) is 26.3 Å². The van der Waals surface area contributed by atoms with Crippen LogP contribution in [-0.4, -0.2) is 13.1 Å². The minimum atomic E-state index is -4.94. The molecule has 0 saturated carbocycles. The number of nitrogens with one attached hydrogen (secondary N) is 2. The molecule has 0 spiro atoms. The van der Waals surface area contributed by atoms with Gasteiger partial charge in [0.25, 0.3) is 0 Å². The number of alkyl halides is 6. The Labute approximate surface area is 106 Å². The summed E-state index contributed by atoms with van der Waals surface area (Å²) in [5, 5.41) is 3.88. The van der Waals surface area contributed by atoms with E-state index in [4.69, 9.17) is 0 Å². The molecule has 2 amide bonds. The van der Waals surface area contributed by atoms with E-state index in [2.05, 4.69) is 0 Å². The van der Waals surface area contributed by atoms with E-state index in [1.807, 2.05) is 10.6 Å². The van der Waals surface area contributed by atoms with Crippen LogP contribution in [0.25, 0.3) is 0 Å². The molecule has 0 unspecified atom stereocenters. The Morgan fingerprint density at radius 2 is 1.42 bits per heavy atom. The minimum Gasteiger partial charge on any atom is -0.341 e. The van der Waals surface area contributed by atoms with Crippen LogP contribution < -0.4 is 10.6 Å². The van der Waals surface area contributed by atoms with Crippen molar-refractivity contribution in [2.24, 2.45) is 0 Å². The lowest BCUT2D eigenvalue weighted by molar-refractivity contribution is -0.143. The van der Waals surface area contributed by atoms with Crippen LogP contribution in [0.2, 0.25) is 0 Å². The Bertz CT molecular complexity index is 457. The summed E-state index contributed by atoms with van der Waals surface area (Å²) in [6, 6.07) is -0.100. The van der Waals surface area contributed by atoms with E-state index >= 15 is 0 Å². The molecule has 1 aromatic carbocycles. The first-order valence-corrected chi connectivity index (χ1v) is 4.82. The summed E-state index contributed by atoms with van der Waals surface area (Å²) in [5.41, 5.74) is -3.58. The topological polar surface area (TPSA) is 41.1 Å². The number of anilines is 1. The maximum Gasteiger partial charge on any atom is 0.416 e. The van der Waals surface area contributed by atoms with Gasteiger partial charge in [-0.05, 0) is 18.2 Å². The highest BCUT2D eigenvalue weighted by molar-refractivity contribution is 5.89. The second-order valence-electron chi connectivity index (χ2n) is 3.50. The third kappa shape index (κ3) is 4.04. The Kier molecular flexibility index (Phi) is 3.97. The highest BCUT2D eigenvalue weighted by Crippen LogP contribution is 2.37. The van der Waals surface area contributed by atoms with Crippen molar-refractivity contribution >= 4 is 11.7 Å². The molecular weight excluding hydrogens is 278 g/mol. The fraction of sp³-hybridized carbons (Fsp3) is 0.300. The Morgan fingerprint density at radius 1 is 1.00 bits per heavy atom. The summed E-state index contributed by atoms with van der Waals surface area (Å²) in [7, 11) is 1.17. The monoisotopic (exact) mass is 290 g/mol. The molecule has 2 N–H and O–H groups in total. The normalized spacial score (nSPS) is 12.2. The van der Waals surface area contributed by atoms with E-state index in [-0.39, 0.29) is 8.92 Å². The Balaban J connectivity index is 0. The van der Waals surface area contributed by atoms with Crippen LogP contribution in [0.5, 0.6) is 0 Å². The van der Waals surface area contributed by atoms with Gasteiger partial charge in [0.05, 0.1) is 11.1 Å². The number of carbonyl (C=O) groups excluding carboxylic acids is 1. The second kappa shape index (κ2) is 4.98. The SMILES string of the molecule is CNC(=O)Nc1cc(C(F)(F)F)cc(C(F)(F)F)c1.[HH].[HH]. The quantitative estimate of drug-likeness (QED) is 0.755. The third-order valence-electron chi connectivity index (χ3n) is 2.07. The number of amides is 2. The van der Waals surface area contributed by atoms with Gasteiger partial charge in [-0.1, -0.05) is 0 Å². The van der Waals surface area contributed by atoms with Gasteiger partial charge in [-0.3, -0.25) is 0 Å². The molecule has 19 heavy (non-hydrogen) atoms. The Hall–Kier alpha value is -1.93. The van der Waals surface area contributed by atoms with E-state index in [9.17, 15) is 31.1 Å². The smallest absolute Gasteiger partial charge is 0.341 e. The Morgan fingerprint density at radius 3 is 1.74 bits per heavy atom. The van der Waals surface area contributed by atoms with Gasteiger partial charge < -0.3 is 10.6 Å². The summed E-state index contributed by atoms with van der Waals surface area (Å²) < 4.78 is 74.8. The van der Waals surface area contributed by atoms with Crippen LogP contribution in [0.4, 0.5) is 36.8 Å². The highest BCUT2D eigenvalue weighted by atomic mass is 19.4. The third-order valence-corrected chi connectivity index (χ3v) is 2.07. The number of benzene rings is 1. The van der Waals surface area contributed by atoms with Crippen molar-refractivity contribution in [1.82, 2.24) is 5.32 Å². The number of hydrogen-bond acceptors (Lipinski definition) is 1. The van der Waals surface area contributed by atoms with E-state index < -0.39 is 35.2 Å². The summed E-state index contributed by atoms with van der Waals surface area (Å²) >= 11 is 0. The molecule has 3 nitrogen and oxygen atoms in total. The molecule has 0 aliphatic carbocycles. The average molecular weight is 290 g/mol. The highest BCUT2D eigenvalue weighted by Gasteiger charge is 2.37. The molecule has 0 saturated heterocycles. The van der Waals surface area contributed by atoms with Gasteiger partial charge in [0, 0.05) is 15.6 Å². The fourth-order valence-corrected chi connectivity index (χ4v) is 1.22. The first kappa shape index (κ1) is 15.1. The largest absolute Gasteiger partial charge is 0.416 e. The number of hydrogen-bond donors (Lipinski definition) is 2. The molecule has 0 aliphatic rings. The molecule has 1 aromatic rings. The number of halogens is 6. The molecule has 0 aromatic heterocycles. The zero-order valence-corrected chi connectivity index (χ0v) is 9.41. The molecule has 0 atom stereocenters. The van der Waals surface area contributed by atoms with Crippen molar-refractivity contribution in [1.29, 1.82) is 0 Å². The van der Waals surface area contributed by atoms with E-state index in [1.54, 1.807) is 0 Å². The zero-order chi connectivity index (χ0) is 14.8. The van der Waals surface area contributed by atoms with Crippen LogP contribution in [-0.2, 0) is 12.4 Å². The minimum absolute atomic E-state index is 0. The van der Waals surface area contributed by atoms with Crippen LogP contribution in [0.1, 0.15) is 14.0 Å². The van der Waals surface area contributed by atoms with Gasteiger partial charge in [-0.15, -0.1) is 0 Å². The van der Waals surface area contributed by atoms with Crippen molar-refractivity contribution in [2.45, 2.75) is 12.4 Å². The van der Waals surface area contributed by atoms with Crippen molar-refractivity contribution in [3.05, 3.63) is 29.3 Å². The molecule has 0 bridgehead atoms. The van der Waals surface area contributed by atoms with Crippen molar-refractivity contribution in [3.63, 3.8) is 0 Å². The van der Waals surface area contributed by atoms with Crippen molar-refractivity contribution in [2.75, 3.05) is 12.4 Å². The van der Waals surface area contributed by atoms with Gasteiger partial charge >= 0.3 is 18.4 Å². The van der Waals surface area contributed by atoms with E-state index in [0.717, 1.165) is 0 Å². The molecule has 0 heterocycles. The predicted molar refractivity (Wildman–Crippen MR) is 58.8 cm³/mol. The van der Waals surface area contributed by atoms with Crippen LogP contribution in [0.15, 0.2) is 18.2 Å².